The number of fused-ring (bicyclic) bond motifs is 1. The zero-order valence-electron chi connectivity index (χ0n) is 19.8. The number of ether oxygens (including phenoxy) is 1. The number of hydrazone groups is 1. The van der Waals surface area contributed by atoms with Crippen LogP contribution in [0.4, 0.5) is 0 Å². The number of carbonyl (C=O) groups excluding carboxylic acids is 1. The fraction of sp³-hybridized carbons (Fsp3) is 0.207. The fourth-order valence-electron chi connectivity index (χ4n) is 4.94. The molecule has 1 aliphatic heterocycles. The summed E-state index contributed by atoms with van der Waals surface area (Å²) in [5.41, 5.74) is 3.92. The molecule has 0 bridgehead atoms. The van der Waals surface area contributed by atoms with Crippen LogP contribution in [-0.4, -0.2) is 34.3 Å². The molecule has 0 saturated heterocycles. The van der Waals surface area contributed by atoms with Crippen molar-refractivity contribution in [3.63, 3.8) is 0 Å². The van der Waals surface area contributed by atoms with E-state index in [0.717, 1.165) is 41.7 Å². The van der Waals surface area contributed by atoms with Gasteiger partial charge in [-0.15, -0.1) is 0 Å². The molecule has 37 heavy (non-hydrogen) atoms. The number of aromatic carboxylic acids is 1. The summed E-state index contributed by atoms with van der Waals surface area (Å²) in [6.45, 7) is -0.339. The number of carboxylic acids is 1. The third-order valence-electron chi connectivity index (χ3n) is 6.65. The van der Waals surface area contributed by atoms with Gasteiger partial charge in [0, 0.05) is 16.0 Å². The quantitative estimate of drug-likeness (QED) is 0.373. The Bertz CT molecular complexity index is 1380. The standard InChI is InChI=1S/C29H24Cl2N2O4/c30-21-12-8-18(9-13-21)16-20-4-3-6-24-27(20)32-33(28(24)19-10-14-22(31)15-11-19)26(34)17-37-25-7-2-1-5-23(25)29(35)36/h1-2,5,7-16,24,28H,3-4,6,17H2,(H,35,36). The van der Waals surface area contributed by atoms with Crippen LogP contribution in [0, 0.1) is 5.92 Å². The Hall–Kier alpha value is -3.61. The van der Waals surface area contributed by atoms with E-state index in [2.05, 4.69) is 6.08 Å². The highest BCUT2D eigenvalue weighted by atomic mass is 35.5. The van der Waals surface area contributed by atoms with Crippen LogP contribution in [0.3, 0.4) is 0 Å². The lowest BCUT2D eigenvalue weighted by Gasteiger charge is -2.29. The monoisotopic (exact) mass is 534 g/mol. The number of hydrogen-bond acceptors (Lipinski definition) is 4. The summed E-state index contributed by atoms with van der Waals surface area (Å²) in [6, 6.07) is 21.0. The maximum Gasteiger partial charge on any atom is 0.339 e. The number of benzene rings is 3. The van der Waals surface area contributed by atoms with E-state index in [0.29, 0.717) is 10.0 Å². The number of amides is 1. The summed E-state index contributed by atoms with van der Waals surface area (Å²) in [6.07, 6.45) is 4.82. The minimum atomic E-state index is -1.12. The molecule has 3 aromatic carbocycles. The van der Waals surface area contributed by atoms with E-state index in [1.807, 2.05) is 48.5 Å². The number of para-hydroxylation sites is 1. The van der Waals surface area contributed by atoms with Crippen molar-refractivity contribution in [2.45, 2.75) is 25.3 Å². The molecule has 1 N–H and O–H groups in total. The molecule has 8 heteroatoms. The minimum Gasteiger partial charge on any atom is -0.483 e. The first kappa shape index (κ1) is 25.1. The second-order valence-corrected chi connectivity index (χ2v) is 9.90. The van der Waals surface area contributed by atoms with Crippen molar-refractivity contribution in [3.8, 4) is 5.75 Å². The van der Waals surface area contributed by atoms with Crippen molar-refractivity contribution in [1.29, 1.82) is 0 Å². The van der Waals surface area contributed by atoms with Crippen LogP contribution >= 0.6 is 23.2 Å². The number of carbonyl (C=O) groups is 2. The third kappa shape index (κ3) is 5.41. The average molecular weight is 535 g/mol. The summed E-state index contributed by atoms with van der Waals surface area (Å²) in [5, 5.41) is 17.0. The number of carboxylic acid groups (broad SMARTS) is 1. The largest absolute Gasteiger partial charge is 0.483 e. The van der Waals surface area contributed by atoms with Gasteiger partial charge in [0.05, 0.1) is 11.8 Å². The number of allylic oxidation sites excluding steroid dienone is 1. The van der Waals surface area contributed by atoms with E-state index < -0.39 is 5.97 Å². The normalized spacial score (nSPS) is 19.9. The van der Waals surface area contributed by atoms with E-state index in [1.54, 1.807) is 12.1 Å². The second kappa shape index (κ2) is 10.8. The number of hydrogen-bond donors (Lipinski definition) is 1. The van der Waals surface area contributed by atoms with Gasteiger partial charge in [-0.25, -0.2) is 9.80 Å². The van der Waals surface area contributed by atoms with Gasteiger partial charge in [-0.1, -0.05) is 59.6 Å². The van der Waals surface area contributed by atoms with E-state index in [9.17, 15) is 14.7 Å². The summed E-state index contributed by atoms with van der Waals surface area (Å²) in [7, 11) is 0. The van der Waals surface area contributed by atoms with Crippen LogP contribution in [0.25, 0.3) is 6.08 Å². The van der Waals surface area contributed by atoms with Crippen LogP contribution in [0.15, 0.2) is 83.5 Å². The lowest BCUT2D eigenvalue weighted by Crippen LogP contribution is -2.34. The molecule has 3 aromatic rings. The van der Waals surface area contributed by atoms with Crippen LogP contribution in [0.5, 0.6) is 5.75 Å². The Morgan fingerprint density at radius 3 is 2.38 bits per heavy atom. The molecule has 1 fully saturated rings. The average Bonchev–Trinajstić information content (AvgIpc) is 3.30. The molecule has 6 nitrogen and oxygen atoms in total. The Morgan fingerprint density at radius 2 is 1.68 bits per heavy atom. The van der Waals surface area contributed by atoms with Gasteiger partial charge in [-0.05, 0) is 78.4 Å². The molecule has 1 aliphatic carbocycles. The lowest BCUT2D eigenvalue weighted by atomic mass is 9.77. The Kier molecular flexibility index (Phi) is 7.31. The molecular formula is C29H24Cl2N2O4. The Labute approximate surface area is 224 Å². The van der Waals surface area contributed by atoms with E-state index in [-0.39, 0.29) is 35.8 Å². The van der Waals surface area contributed by atoms with Gasteiger partial charge in [0.2, 0.25) is 0 Å². The first-order valence-electron chi connectivity index (χ1n) is 12.0. The molecule has 1 saturated carbocycles. The van der Waals surface area contributed by atoms with Gasteiger partial charge in [-0.3, -0.25) is 4.79 Å². The summed E-state index contributed by atoms with van der Waals surface area (Å²) >= 11 is 12.2. The van der Waals surface area contributed by atoms with Gasteiger partial charge in [0.1, 0.15) is 11.3 Å². The van der Waals surface area contributed by atoms with Crippen molar-refractivity contribution in [1.82, 2.24) is 5.01 Å². The smallest absolute Gasteiger partial charge is 0.339 e. The molecular weight excluding hydrogens is 511 g/mol. The lowest BCUT2D eigenvalue weighted by molar-refractivity contribution is -0.135. The van der Waals surface area contributed by atoms with Crippen LogP contribution < -0.4 is 4.74 Å². The first-order chi connectivity index (χ1) is 17.9. The van der Waals surface area contributed by atoms with Crippen molar-refractivity contribution in [3.05, 3.63) is 105 Å². The highest BCUT2D eigenvalue weighted by Gasteiger charge is 2.43. The zero-order valence-corrected chi connectivity index (χ0v) is 21.3. The van der Waals surface area contributed by atoms with Crippen molar-refractivity contribution >= 4 is 46.9 Å². The van der Waals surface area contributed by atoms with Crippen LogP contribution in [0.1, 0.15) is 46.8 Å². The van der Waals surface area contributed by atoms with Crippen LogP contribution in [-0.2, 0) is 4.79 Å². The molecule has 0 radical (unpaired) electrons. The van der Waals surface area contributed by atoms with E-state index in [1.165, 1.54) is 17.1 Å². The minimum absolute atomic E-state index is 0.000796. The molecule has 2 unspecified atom stereocenters. The highest BCUT2D eigenvalue weighted by molar-refractivity contribution is 6.30. The predicted octanol–water partition coefficient (Wildman–Crippen LogP) is 6.89. The van der Waals surface area contributed by atoms with Crippen molar-refractivity contribution in [2.75, 3.05) is 6.61 Å². The summed E-state index contributed by atoms with van der Waals surface area (Å²) in [5.74, 6) is -1.32. The predicted molar refractivity (Wildman–Crippen MR) is 144 cm³/mol. The van der Waals surface area contributed by atoms with Gasteiger partial charge < -0.3 is 9.84 Å². The fourth-order valence-corrected chi connectivity index (χ4v) is 5.19. The Balaban J connectivity index is 1.47. The van der Waals surface area contributed by atoms with Gasteiger partial charge in [-0.2, -0.15) is 5.10 Å². The highest BCUT2D eigenvalue weighted by Crippen LogP contribution is 2.44. The maximum absolute atomic E-state index is 13.5. The van der Waals surface area contributed by atoms with Gasteiger partial charge in [0.25, 0.3) is 5.91 Å². The van der Waals surface area contributed by atoms with Crippen LogP contribution in [0.2, 0.25) is 10.0 Å². The Morgan fingerprint density at radius 1 is 1.00 bits per heavy atom. The number of rotatable bonds is 6. The topological polar surface area (TPSA) is 79.2 Å². The van der Waals surface area contributed by atoms with Gasteiger partial charge in [0.15, 0.2) is 6.61 Å². The molecule has 1 heterocycles. The van der Waals surface area contributed by atoms with E-state index in [4.69, 9.17) is 33.0 Å². The van der Waals surface area contributed by atoms with Gasteiger partial charge >= 0.3 is 5.97 Å². The molecule has 2 atom stereocenters. The zero-order chi connectivity index (χ0) is 25.9. The number of nitrogens with zero attached hydrogens (tertiary/aromatic N) is 2. The van der Waals surface area contributed by atoms with Crippen molar-refractivity contribution in [2.24, 2.45) is 11.0 Å². The molecule has 5 rings (SSSR count). The second-order valence-electron chi connectivity index (χ2n) is 9.03. The number of halogens is 2. The summed E-state index contributed by atoms with van der Waals surface area (Å²) < 4.78 is 5.67. The molecule has 188 valence electrons. The third-order valence-corrected chi connectivity index (χ3v) is 7.15. The van der Waals surface area contributed by atoms with Crippen molar-refractivity contribution < 1.29 is 19.4 Å². The SMILES string of the molecule is O=C(O)c1ccccc1OCC(=O)N1N=C2C(=Cc3ccc(Cl)cc3)CCCC2C1c1ccc(Cl)cc1. The molecule has 0 aromatic heterocycles. The molecule has 0 spiro atoms. The van der Waals surface area contributed by atoms with E-state index >= 15 is 0 Å². The molecule has 2 aliphatic rings. The first-order valence-corrected chi connectivity index (χ1v) is 12.7. The maximum atomic E-state index is 13.5. The summed E-state index contributed by atoms with van der Waals surface area (Å²) in [4.78, 5) is 25.0. The molecule has 1 amide bonds.